The monoisotopic (exact) mass is 469 g/mol. The van der Waals surface area contributed by atoms with E-state index >= 15 is 0 Å². The van der Waals surface area contributed by atoms with Crippen LogP contribution in [0, 0.1) is 19.7 Å². The first-order chi connectivity index (χ1) is 15.9. The van der Waals surface area contributed by atoms with Crippen LogP contribution in [0.4, 0.5) is 4.39 Å². The van der Waals surface area contributed by atoms with Crippen LogP contribution < -0.4 is 10.1 Å². The van der Waals surface area contributed by atoms with Crippen molar-refractivity contribution < 1.29 is 13.9 Å². The quantitative estimate of drug-likeness (QED) is 0.628. The van der Waals surface area contributed by atoms with Crippen LogP contribution in [0.15, 0.2) is 18.2 Å². The number of hydrogen-bond donors (Lipinski definition) is 1. The van der Waals surface area contributed by atoms with Crippen LogP contribution in [0.3, 0.4) is 0 Å². The number of nitrogens with zero attached hydrogens (tertiary/aromatic N) is 4. The summed E-state index contributed by atoms with van der Waals surface area (Å²) in [5, 5.41) is 8.83. The van der Waals surface area contributed by atoms with Gasteiger partial charge < -0.3 is 15.0 Å². The molecule has 1 amide bonds. The molecule has 5 heterocycles. The van der Waals surface area contributed by atoms with E-state index in [1.807, 2.05) is 13.8 Å². The van der Waals surface area contributed by atoms with Gasteiger partial charge in [-0.3, -0.25) is 4.79 Å². The Morgan fingerprint density at radius 1 is 1.21 bits per heavy atom. The molecule has 172 valence electrons. The minimum atomic E-state index is -0.409. The number of carbonyl (C=O) groups is 1. The number of aryl methyl sites for hydroxylation is 2. The van der Waals surface area contributed by atoms with Gasteiger partial charge in [0.2, 0.25) is 0 Å². The Morgan fingerprint density at radius 3 is 2.73 bits per heavy atom. The molecular formula is C24H25ClFN5O2. The van der Waals surface area contributed by atoms with Gasteiger partial charge in [0.25, 0.3) is 5.91 Å². The maximum Gasteiger partial charge on any atom is 0.258 e. The largest absolute Gasteiger partial charge is 0.489 e. The summed E-state index contributed by atoms with van der Waals surface area (Å²) in [6, 6.07) is 5.06. The average molecular weight is 470 g/mol. The Balaban J connectivity index is 1.27. The molecule has 0 spiro atoms. The maximum absolute atomic E-state index is 14.1. The molecule has 0 aliphatic carbocycles. The summed E-state index contributed by atoms with van der Waals surface area (Å²) in [7, 11) is 0. The van der Waals surface area contributed by atoms with Gasteiger partial charge in [0.05, 0.1) is 40.8 Å². The highest BCUT2D eigenvalue weighted by Crippen LogP contribution is 2.34. The number of hydrogen-bond acceptors (Lipinski definition) is 5. The molecule has 0 saturated carbocycles. The van der Waals surface area contributed by atoms with E-state index < -0.39 is 5.82 Å². The van der Waals surface area contributed by atoms with Crippen LogP contribution >= 0.6 is 11.6 Å². The predicted molar refractivity (Wildman–Crippen MR) is 121 cm³/mol. The summed E-state index contributed by atoms with van der Waals surface area (Å²) in [5.41, 5.74) is 4.40. The summed E-state index contributed by atoms with van der Waals surface area (Å²) in [5.74, 6) is -0.282. The highest BCUT2D eigenvalue weighted by molar-refractivity contribution is 6.31. The fourth-order valence-corrected chi connectivity index (χ4v) is 5.60. The molecule has 7 nitrogen and oxygen atoms in total. The van der Waals surface area contributed by atoms with Crippen LogP contribution in [0.2, 0.25) is 5.02 Å². The van der Waals surface area contributed by atoms with E-state index in [9.17, 15) is 9.18 Å². The van der Waals surface area contributed by atoms with Crippen molar-refractivity contribution >= 4 is 23.2 Å². The third-order valence-corrected chi connectivity index (χ3v) is 7.69. The van der Waals surface area contributed by atoms with Gasteiger partial charge in [-0.05, 0) is 51.7 Å². The number of ether oxygens (including phenoxy) is 1. The second kappa shape index (κ2) is 7.67. The molecule has 3 aliphatic rings. The topological polar surface area (TPSA) is 71.8 Å². The second-order valence-electron chi connectivity index (χ2n) is 9.41. The average Bonchev–Trinajstić information content (AvgIpc) is 3.45. The molecule has 0 radical (unpaired) electrons. The molecule has 1 N–H and O–H groups in total. The lowest BCUT2D eigenvalue weighted by molar-refractivity contribution is 0.0737. The predicted octanol–water partition coefficient (Wildman–Crippen LogP) is 3.96. The van der Waals surface area contributed by atoms with Gasteiger partial charge in [0.1, 0.15) is 17.7 Å². The Hall–Kier alpha value is -2.71. The Bertz CT molecular complexity index is 1280. The summed E-state index contributed by atoms with van der Waals surface area (Å²) >= 11 is 6.33. The fraction of sp³-hybridized carbons (Fsp3) is 0.458. The smallest absolute Gasteiger partial charge is 0.258 e. The third-order valence-electron chi connectivity index (χ3n) is 7.14. The number of piperidine rings is 1. The van der Waals surface area contributed by atoms with Crippen LogP contribution in [0.1, 0.15) is 58.7 Å². The number of halogens is 2. The minimum absolute atomic E-state index is 0.0167. The first-order valence-corrected chi connectivity index (χ1v) is 11.8. The SMILES string of the molecule is Cc1nc2c3c(nn2c(C)c1Cl)CN(C(=O)c1ccc(F)cc1O[C@H]1C[C@H]2CC[C@@H](C1)N2)C3. The van der Waals surface area contributed by atoms with E-state index in [4.69, 9.17) is 16.3 Å². The van der Waals surface area contributed by atoms with Crippen molar-refractivity contribution in [2.45, 2.75) is 70.8 Å². The molecule has 2 saturated heterocycles. The molecule has 2 aromatic heterocycles. The maximum atomic E-state index is 14.1. The Morgan fingerprint density at radius 2 is 1.97 bits per heavy atom. The first-order valence-electron chi connectivity index (χ1n) is 11.4. The highest BCUT2D eigenvalue weighted by atomic mass is 35.5. The normalized spacial score (nSPS) is 23.9. The molecule has 9 heteroatoms. The first kappa shape index (κ1) is 20.9. The fourth-order valence-electron chi connectivity index (χ4n) is 5.48. The van der Waals surface area contributed by atoms with E-state index in [0.717, 1.165) is 54.0 Å². The van der Waals surface area contributed by atoms with Crippen LogP contribution in [0.5, 0.6) is 5.75 Å². The van der Waals surface area contributed by atoms with Crippen molar-refractivity contribution in [2.24, 2.45) is 0 Å². The molecule has 2 fully saturated rings. The lowest BCUT2D eigenvalue weighted by Crippen LogP contribution is -2.42. The zero-order chi connectivity index (χ0) is 22.9. The Kier molecular flexibility index (Phi) is 4.85. The minimum Gasteiger partial charge on any atom is -0.489 e. The van der Waals surface area contributed by atoms with E-state index in [2.05, 4.69) is 15.4 Å². The summed E-state index contributed by atoms with van der Waals surface area (Å²) < 4.78 is 22.1. The molecule has 3 aromatic rings. The number of amides is 1. The lowest BCUT2D eigenvalue weighted by atomic mass is 10.0. The number of rotatable bonds is 3. The van der Waals surface area contributed by atoms with Crippen molar-refractivity contribution in [3.63, 3.8) is 0 Å². The summed E-state index contributed by atoms with van der Waals surface area (Å²) in [6.45, 7) is 4.52. The highest BCUT2D eigenvalue weighted by Gasteiger charge is 2.36. The number of carbonyl (C=O) groups excluding carboxylic acids is 1. The number of benzene rings is 1. The molecular weight excluding hydrogens is 445 g/mol. The lowest BCUT2D eigenvalue weighted by Gasteiger charge is -2.30. The summed E-state index contributed by atoms with van der Waals surface area (Å²) in [6.07, 6.45) is 4.02. The zero-order valence-electron chi connectivity index (χ0n) is 18.6. The van der Waals surface area contributed by atoms with Crippen LogP contribution in [-0.4, -0.2) is 43.6 Å². The van der Waals surface area contributed by atoms with Crippen molar-refractivity contribution in [3.8, 4) is 5.75 Å². The molecule has 3 aliphatic heterocycles. The molecule has 33 heavy (non-hydrogen) atoms. The van der Waals surface area contributed by atoms with E-state index in [-0.39, 0.29) is 12.0 Å². The van der Waals surface area contributed by atoms with E-state index in [1.165, 1.54) is 18.2 Å². The Labute approximate surface area is 195 Å². The van der Waals surface area contributed by atoms with Crippen LogP contribution in [0.25, 0.3) is 5.65 Å². The van der Waals surface area contributed by atoms with Gasteiger partial charge in [-0.2, -0.15) is 5.10 Å². The van der Waals surface area contributed by atoms with Crippen molar-refractivity contribution in [1.82, 2.24) is 24.8 Å². The standard InChI is InChI=1S/C24H25ClFN5O2/c1-12-22(25)13(2)31-23(27-12)19-10-30(11-20(19)29-31)24(32)18-6-3-14(26)7-21(18)33-17-8-15-4-5-16(9-17)28-15/h3,6-7,15-17,28H,4-5,8-11H2,1-2H3/t15-,16+,17+. The molecule has 1 aromatic carbocycles. The molecule has 6 rings (SSSR count). The van der Waals surface area contributed by atoms with Crippen molar-refractivity contribution in [1.29, 1.82) is 0 Å². The van der Waals surface area contributed by atoms with Gasteiger partial charge in [-0.1, -0.05) is 11.6 Å². The van der Waals surface area contributed by atoms with Crippen molar-refractivity contribution in [2.75, 3.05) is 0 Å². The molecule has 0 unspecified atom stereocenters. The number of fused-ring (bicyclic) bond motifs is 5. The van der Waals surface area contributed by atoms with Gasteiger partial charge in [0.15, 0.2) is 5.65 Å². The number of nitrogens with one attached hydrogen (secondary N) is 1. The van der Waals surface area contributed by atoms with Gasteiger partial charge in [-0.25, -0.2) is 13.9 Å². The third kappa shape index (κ3) is 3.47. The zero-order valence-corrected chi connectivity index (χ0v) is 19.3. The second-order valence-corrected chi connectivity index (χ2v) is 9.79. The number of aromatic nitrogens is 3. The van der Waals surface area contributed by atoms with Gasteiger partial charge >= 0.3 is 0 Å². The molecule has 3 atom stereocenters. The van der Waals surface area contributed by atoms with Crippen LogP contribution in [-0.2, 0) is 13.1 Å². The summed E-state index contributed by atoms with van der Waals surface area (Å²) in [4.78, 5) is 19.8. The van der Waals surface area contributed by atoms with Gasteiger partial charge in [-0.15, -0.1) is 0 Å². The van der Waals surface area contributed by atoms with Crippen molar-refractivity contribution in [3.05, 3.63) is 57.2 Å². The van der Waals surface area contributed by atoms with E-state index in [0.29, 0.717) is 41.5 Å². The molecule has 2 bridgehead atoms. The van der Waals surface area contributed by atoms with E-state index in [1.54, 1.807) is 9.42 Å². The van der Waals surface area contributed by atoms with Gasteiger partial charge in [0, 0.05) is 23.7 Å².